The number of anilines is 1. The summed E-state index contributed by atoms with van der Waals surface area (Å²) in [6, 6.07) is 14.2. The van der Waals surface area contributed by atoms with Crippen molar-refractivity contribution in [3.05, 3.63) is 72.8 Å². The second-order valence-electron chi connectivity index (χ2n) is 6.98. The second-order valence-corrected chi connectivity index (χ2v) is 6.98. The topological polar surface area (TPSA) is 84.9 Å². The summed E-state index contributed by atoms with van der Waals surface area (Å²) in [6.07, 6.45) is 6.88. The maximum absolute atomic E-state index is 5.58. The third-order valence-corrected chi connectivity index (χ3v) is 5.14. The molecule has 0 aliphatic carbocycles. The maximum Gasteiger partial charge on any atom is 0.162 e. The van der Waals surface area contributed by atoms with Gasteiger partial charge in [0.15, 0.2) is 5.82 Å². The molecule has 0 aliphatic heterocycles. The number of fused-ring (bicyclic) bond motifs is 1. The molecule has 1 aromatic carbocycles. The molecule has 152 valence electrons. The average Bonchev–Trinajstić information content (AvgIpc) is 2.82. The van der Waals surface area contributed by atoms with Crippen molar-refractivity contribution >= 4 is 16.7 Å². The van der Waals surface area contributed by atoms with Gasteiger partial charge in [0, 0.05) is 24.0 Å². The van der Waals surface area contributed by atoms with Gasteiger partial charge in [-0.3, -0.25) is 9.97 Å². The molecule has 0 saturated heterocycles. The molecule has 0 bridgehead atoms. The summed E-state index contributed by atoms with van der Waals surface area (Å²) >= 11 is 0. The standard InChI is InChI=1S/C23H24N6O/c1-15(24-2)21(16-7-5-4-6-8-16)28-23-20-18(13-26-14-19(20)30-3)27-22(29-23)17-9-11-25-12-10-17/h4-15,21,24H,1-3H3,(H,27,28,29)/t15-,21?/m0/s1. The first-order chi connectivity index (χ1) is 14.7. The molecule has 0 aliphatic rings. The number of ether oxygens (including phenoxy) is 1. The van der Waals surface area contributed by atoms with Crippen LogP contribution in [0.25, 0.3) is 22.3 Å². The molecular weight excluding hydrogens is 376 g/mol. The highest BCUT2D eigenvalue weighted by Crippen LogP contribution is 2.34. The van der Waals surface area contributed by atoms with Crippen LogP contribution in [0, 0.1) is 0 Å². The van der Waals surface area contributed by atoms with Crippen LogP contribution in [0.1, 0.15) is 18.5 Å². The van der Waals surface area contributed by atoms with Crippen molar-refractivity contribution in [1.29, 1.82) is 0 Å². The highest BCUT2D eigenvalue weighted by molar-refractivity contribution is 5.95. The Morgan fingerprint density at radius 1 is 0.933 bits per heavy atom. The Hall–Kier alpha value is -3.58. The third-order valence-electron chi connectivity index (χ3n) is 5.14. The zero-order valence-corrected chi connectivity index (χ0v) is 17.2. The van der Waals surface area contributed by atoms with Gasteiger partial charge in [-0.15, -0.1) is 0 Å². The Balaban J connectivity index is 1.89. The summed E-state index contributed by atoms with van der Waals surface area (Å²) in [5, 5.41) is 7.79. The van der Waals surface area contributed by atoms with Crippen LogP contribution in [0.15, 0.2) is 67.3 Å². The summed E-state index contributed by atoms with van der Waals surface area (Å²) in [7, 11) is 3.58. The molecule has 7 nitrogen and oxygen atoms in total. The number of pyridine rings is 2. The monoisotopic (exact) mass is 400 g/mol. The van der Waals surface area contributed by atoms with Crippen LogP contribution in [-0.2, 0) is 0 Å². The van der Waals surface area contributed by atoms with E-state index in [1.165, 1.54) is 0 Å². The molecule has 0 fully saturated rings. The Bertz CT molecular complexity index is 1120. The van der Waals surface area contributed by atoms with Gasteiger partial charge < -0.3 is 15.4 Å². The van der Waals surface area contributed by atoms with Crippen LogP contribution < -0.4 is 15.4 Å². The zero-order valence-electron chi connectivity index (χ0n) is 17.2. The lowest BCUT2D eigenvalue weighted by Crippen LogP contribution is -2.33. The number of rotatable bonds is 7. The highest BCUT2D eigenvalue weighted by Gasteiger charge is 2.22. The van der Waals surface area contributed by atoms with Gasteiger partial charge in [0.25, 0.3) is 0 Å². The summed E-state index contributed by atoms with van der Waals surface area (Å²) in [5.74, 6) is 1.92. The second kappa shape index (κ2) is 8.84. The Morgan fingerprint density at radius 2 is 1.70 bits per heavy atom. The van der Waals surface area contributed by atoms with E-state index in [2.05, 4.69) is 39.7 Å². The lowest BCUT2D eigenvalue weighted by Gasteiger charge is -2.27. The van der Waals surface area contributed by atoms with Crippen molar-refractivity contribution in [2.24, 2.45) is 0 Å². The van der Waals surface area contributed by atoms with Crippen LogP contribution in [-0.4, -0.2) is 40.1 Å². The van der Waals surface area contributed by atoms with E-state index in [0.29, 0.717) is 22.9 Å². The summed E-state index contributed by atoms with van der Waals surface area (Å²) in [4.78, 5) is 18.0. The molecule has 0 saturated carbocycles. The predicted octanol–water partition coefficient (Wildman–Crippen LogP) is 3.86. The van der Waals surface area contributed by atoms with Crippen molar-refractivity contribution in [2.45, 2.75) is 19.0 Å². The van der Waals surface area contributed by atoms with E-state index in [0.717, 1.165) is 16.5 Å². The molecular formula is C23H24N6O. The molecule has 3 aromatic heterocycles. The molecule has 7 heteroatoms. The summed E-state index contributed by atoms with van der Waals surface area (Å²) in [6.45, 7) is 2.14. The van der Waals surface area contributed by atoms with Gasteiger partial charge in [0.2, 0.25) is 0 Å². The van der Waals surface area contributed by atoms with Crippen molar-refractivity contribution < 1.29 is 4.74 Å². The maximum atomic E-state index is 5.58. The minimum absolute atomic E-state index is 0.0162. The van der Waals surface area contributed by atoms with Crippen LogP contribution >= 0.6 is 0 Å². The molecule has 2 atom stereocenters. The van der Waals surface area contributed by atoms with Gasteiger partial charge in [-0.1, -0.05) is 30.3 Å². The van der Waals surface area contributed by atoms with E-state index < -0.39 is 0 Å². The molecule has 1 unspecified atom stereocenters. The molecule has 3 heterocycles. The van der Waals surface area contributed by atoms with Gasteiger partial charge >= 0.3 is 0 Å². The van der Waals surface area contributed by atoms with Crippen molar-refractivity contribution in [2.75, 3.05) is 19.5 Å². The fraction of sp³-hybridized carbons (Fsp3) is 0.217. The first kappa shape index (κ1) is 19.7. The molecule has 0 amide bonds. The number of likely N-dealkylation sites (N-methyl/N-ethyl adjacent to an activating group) is 1. The quantitative estimate of drug-likeness (QED) is 0.487. The Labute approximate surface area is 175 Å². The van der Waals surface area contributed by atoms with Gasteiger partial charge in [-0.2, -0.15) is 0 Å². The summed E-state index contributed by atoms with van der Waals surface area (Å²) < 4.78 is 5.58. The van der Waals surface area contributed by atoms with Crippen LogP contribution in [0.5, 0.6) is 5.75 Å². The minimum Gasteiger partial charge on any atom is -0.494 e. The van der Waals surface area contributed by atoms with E-state index in [1.807, 2.05) is 37.4 Å². The number of nitrogens with one attached hydrogen (secondary N) is 2. The molecule has 2 N–H and O–H groups in total. The summed E-state index contributed by atoms with van der Waals surface area (Å²) in [5.41, 5.74) is 2.75. The van der Waals surface area contributed by atoms with E-state index in [9.17, 15) is 0 Å². The lowest BCUT2D eigenvalue weighted by atomic mass is 10.0. The van der Waals surface area contributed by atoms with Crippen molar-refractivity contribution in [3.8, 4) is 17.1 Å². The van der Waals surface area contributed by atoms with Crippen LogP contribution in [0.4, 0.5) is 5.82 Å². The number of aromatic nitrogens is 4. The van der Waals surface area contributed by atoms with E-state index in [4.69, 9.17) is 14.7 Å². The largest absolute Gasteiger partial charge is 0.494 e. The Kier molecular flexibility index (Phi) is 5.81. The lowest BCUT2D eigenvalue weighted by molar-refractivity contribution is 0.418. The number of hydrogen-bond acceptors (Lipinski definition) is 7. The van der Waals surface area contributed by atoms with E-state index in [1.54, 1.807) is 31.9 Å². The molecule has 0 radical (unpaired) electrons. The first-order valence-corrected chi connectivity index (χ1v) is 9.80. The molecule has 0 spiro atoms. The third kappa shape index (κ3) is 3.92. The zero-order chi connectivity index (χ0) is 20.9. The number of methoxy groups -OCH3 is 1. The van der Waals surface area contributed by atoms with E-state index in [-0.39, 0.29) is 12.1 Å². The first-order valence-electron chi connectivity index (χ1n) is 9.80. The Morgan fingerprint density at radius 3 is 2.40 bits per heavy atom. The molecule has 30 heavy (non-hydrogen) atoms. The smallest absolute Gasteiger partial charge is 0.162 e. The minimum atomic E-state index is -0.0162. The normalized spacial score (nSPS) is 13.0. The van der Waals surface area contributed by atoms with Gasteiger partial charge in [0.1, 0.15) is 11.6 Å². The van der Waals surface area contributed by atoms with Crippen molar-refractivity contribution in [3.63, 3.8) is 0 Å². The van der Waals surface area contributed by atoms with Gasteiger partial charge in [0.05, 0.1) is 36.4 Å². The van der Waals surface area contributed by atoms with Crippen LogP contribution in [0.3, 0.4) is 0 Å². The number of hydrogen-bond donors (Lipinski definition) is 2. The molecule has 4 rings (SSSR count). The predicted molar refractivity (Wildman–Crippen MR) is 118 cm³/mol. The van der Waals surface area contributed by atoms with Crippen LogP contribution in [0.2, 0.25) is 0 Å². The number of benzene rings is 1. The fourth-order valence-electron chi connectivity index (χ4n) is 3.42. The molecule has 4 aromatic rings. The van der Waals surface area contributed by atoms with E-state index >= 15 is 0 Å². The van der Waals surface area contributed by atoms with Gasteiger partial charge in [-0.05, 0) is 31.7 Å². The van der Waals surface area contributed by atoms with Gasteiger partial charge in [-0.25, -0.2) is 9.97 Å². The SMILES string of the molecule is CN[C@@H](C)C(Nc1nc(-c2ccncc2)nc2cncc(OC)c12)c1ccccc1. The highest BCUT2D eigenvalue weighted by atomic mass is 16.5. The number of nitrogens with zero attached hydrogens (tertiary/aromatic N) is 4. The van der Waals surface area contributed by atoms with Crippen molar-refractivity contribution in [1.82, 2.24) is 25.3 Å². The fourth-order valence-corrected chi connectivity index (χ4v) is 3.42. The average molecular weight is 400 g/mol.